The molecule has 6 heteroatoms. The van der Waals surface area contributed by atoms with Crippen molar-refractivity contribution in [3.05, 3.63) is 5.75 Å². The molecule has 14 heavy (non-hydrogen) atoms. The van der Waals surface area contributed by atoms with Crippen molar-refractivity contribution in [2.75, 3.05) is 5.75 Å². The molecule has 1 fully saturated rings. The first-order valence-electron chi connectivity index (χ1n) is 4.34. The van der Waals surface area contributed by atoms with Gasteiger partial charge in [-0.3, -0.25) is 14.9 Å². The number of hydrogen-bond donors (Lipinski definition) is 1. The summed E-state index contributed by atoms with van der Waals surface area (Å²) in [6.07, 6.45) is 0.389. The molecule has 1 rings (SSSR count). The van der Waals surface area contributed by atoms with Crippen molar-refractivity contribution >= 4 is 21.7 Å². The molecule has 1 heterocycles. The minimum atomic E-state index is -3.31. The minimum absolute atomic E-state index is 0.0182. The predicted molar refractivity (Wildman–Crippen MR) is 49.6 cm³/mol. The zero-order chi connectivity index (χ0) is 10.8. The highest BCUT2D eigenvalue weighted by atomic mass is 32.2. The van der Waals surface area contributed by atoms with E-state index in [1.54, 1.807) is 6.92 Å². The van der Waals surface area contributed by atoms with Crippen molar-refractivity contribution in [1.29, 1.82) is 0 Å². The number of imide groups is 1. The van der Waals surface area contributed by atoms with Crippen LogP contribution in [0, 0.1) is 11.7 Å². The maximum Gasteiger partial charge on any atom is 0.231 e. The van der Waals surface area contributed by atoms with Gasteiger partial charge in [0.15, 0.2) is 9.84 Å². The van der Waals surface area contributed by atoms with Crippen LogP contribution in [0.2, 0.25) is 0 Å². The molecule has 0 bridgehead atoms. The highest BCUT2D eigenvalue weighted by molar-refractivity contribution is 7.93. The number of nitrogens with one attached hydrogen (secondary N) is 1. The van der Waals surface area contributed by atoms with E-state index in [4.69, 9.17) is 0 Å². The zero-order valence-corrected chi connectivity index (χ0v) is 8.63. The molecule has 5 nitrogen and oxygen atoms in total. The fraction of sp³-hybridized carbons (Fsp3) is 0.625. The molecule has 0 aliphatic carbocycles. The molecule has 1 unspecified atom stereocenters. The summed E-state index contributed by atoms with van der Waals surface area (Å²) in [4.78, 5) is 21.8. The maximum absolute atomic E-state index is 11.3. The second-order valence-electron chi connectivity index (χ2n) is 3.22. The van der Waals surface area contributed by atoms with Gasteiger partial charge in [-0.15, -0.1) is 0 Å². The smallest absolute Gasteiger partial charge is 0.231 e. The third-order valence-electron chi connectivity index (χ3n) is 1.92. The van der Waals surface area contributed by atoms with Crippen LogP contribution in [-0.4, -0.2) is 26.0 Å². The van der Waals surface area contributed by atoms with Gasteiger partial charge < -0.3 is 0 Å². The molecule has 1 radical (unpaired) electrons. The molecule has 79 valence electrons. The van der Waals surface area contributed by atoms with Gasteiger partial charge in [0.1, 0.15) is 0 Å². The fourth-order valence-corrected chi connectivity index (χ4v) is 2.82. The van der Waals surface area contributed by atoms with E-state index in [2.05, 4.69) is 5.32 Å². The van der Waals surface area contributed by atoms with Gasteiger partial charge in [-0.25, -0.2) is 8.42 Å². The molecule has 1 aliphatic rings. The van der Waals surface area contributed by atoms with E-state index < -0.39 is 27.6 Å². The van der Waals surface area contributed by atoms with Crippen LogP contribution in [0.15, 0.2) is 0 Å². The molecule has 0 aromatic carbocycles. The van der Waals surface area contributed by atoms with Gasteiger partial charge >= 0.3 is 0 Å². The summed E-state index contributed by atoms with van der Waals surface area (Å²) in [5.41, 5.74) is 0. The molecule has 0 aromatic rings. The predicted octanol–water partition coefficient (Wildman–Crippen LogP) is -0.364. The van der Waals surface area contributed by atoms with Gasteiger partial charge in [0.25, 0.3) is 0 Å². The van der Waals surface area contributed by atoms with Crippen molar-refractivity contribution in [1.82, 2.24) is 5.32 Å². The van der Waals surface area contributed by atoms with E-state index in [-0.39, 0.29) is 12.2 Å². The van der Waals surface area contributed by atoms with E-state index in [0.717, 1.165) is 0 Å². The second-order valence-corrected chi connectivity index (χ2v) is 5.21. The Morgan fingerprint density at radius 1 is 1.50 bits per heavy atom. The lowest BCUT2D eigenvalue weighted by atomic mass is 10.1. The third-order valence-corrected chi connectivity index (χ3v) is 3.63. The number of carbonyl (C=O) groups excluding carboxylic acids is 2. The molecular weight excluding hydrogens is 206 g/mol. The van der Waals surface area contributed by atoms with Crippen molar-refractivity contribution in [2.24, 2.45) is 5.92 Å². The average molecular weight is 218 g/mol. The Bertz CT molecular complexity index is 346. The van der Waals surface area contributed by atoms with Gasteiger partial charge in [-0.1, -0.05) is 6.92 Å². The Kier molecular flexibility index (Phi) is 3.25. The normalized spacial score (nSPS) is 22.5. The summed E-state index contributed by atoms with van der Waals surface area (Å²) < 4.78 is 22.6. The molecule has 0 spiro atoms. The number of hydrogen-bond acceptors (Lipinski definition) is 4. The van der Waals surface area contributed by atoms with Crippen molar-refractivity contribution in [3.63, 3.8) is 0 Å². The van der Waals surface area contributed by atoms with Crippen LogP contribution in [-0.2, 0) is 19.4 Å². The van der Waals surface area contributed by atoms with Crippen LogP contribution in [0.5, 0.6) is 0 Å². The molecule has 1 aliphatic heterocycles. The topological polar surface area (TPSA) is 80.3 Å². The summed E-state index contributed by atoms with van der Waals surface area (Å²) in [6, 6.07) is 0. The van der Waals surface area contributed by atoms with Crippen LogP contribution < -0.4 is 5.32 Å². The SMILES string of the molecule is CC[CH]S(=O)(=O)CC1CC(=O)NC1=O. The lowest BCUT2D eigenvalue weighted by molar-refractivity contribution is -0.125. The van der Waals surface area contributed by atoms with Crippen molar-refractivity contribution < 1.29 is 18.0 Å². The number of rotatable bonds is 4. The Hall–Kier alpha value is -0.910. The first-order chi connectivity index (χ1) is 6.44. The Morgan fingerprint density at radius 3 is 2.57 bits per heavy atom. The van der Waals surface area contributed by atoms with E-state index in [0.29, 0.717) is 6.42 Å². The largest absolute Gasteiger partial charge is 0.296 e. The van der Waals surface area contributed by atoms with Gasteiger partial charge in [-0.2, -0.15) is 0 Å². The summed E-state index contributed by atoms with van der Waals surface area (Å²) in [6.45, 7) is 1.71. The summed E-state index contributed by atoms with van der Waals surface area (Å²) in [7, 11) is -3.31. The third kappa shape index (κ3) is 2.80. The van der Waals surface area contributed by atoms with Crippen molar-refractivity contribution in [2.45, 2.75) is 19.8 Å². The van der Waals surface area contributed by atoms with Crippen LogP contribution in [0.4, 0.5) is 0 Å². The molecule has 1 saturated heterocycles. The van der Waals surface area contributed by atoms with Gasteiger partial charge in [0.2, 0.25) is 11.8 Å². The molecular formula is C8H12NO4S. The highest BCUT2D eigenvalue weighted by Gasteiger charge is 2.33. The number of amides is 2. The van der Waals surface area contributed by atoms with E-state index in [1.165, 1.54) is 5.75 Å². The van der Waals surface area contributed by atoms with Gasteiger partial charge in [-0.05, 0) is 6.42 Å². The average Bonchev–Trinajstić information content (AvgIpc) is 2.28. The standard InChI is InChI=1S/C8H12NO4S/c1-2-3-14(12,13)5-6-4-7(10)9-8(6)11/h3,6H,2,4-5H2,1H3,(H,9,10,11). The lowest BCUT2D eigenvalue weighted by Gasteiger charge is -2.05. The lowest BCUT2D eigenvalue weighted by Crippen LogP contribution is -2.26. The molecule has 1 atom stereocenters. The van der Waals surface area contributed by atoms with E-state index in [9.17, 15) is 18.0 Å². The second kappa shape index (κ2) is 4.08. The molecule has 2 amide bonds. The zero-order valence-electron chi connectivity index (χ0n) is 7.82. The summed E-state index contributed by atoms with van der Waals surface area (Å²) in [5.74, 6) is -0.688. The highest BCUT2D eigenvalue weighted by Crippen LogP contribution is 2.15. The summed E-state index contributed by atoms with van der Waals surface area (Å²) >= 11 is 0. The van der Waals surface area contributed by atoms with Crippen LogP contribution >= 0.6 is 0 Å². The fourth-order valence-electron chi connectivity index (χ4n) is 1.34. The Morgan fingerprint density at radius 2 is 2.14 bits per heavy atom. The minimum Gasteiger partial charge on any atom is -0.296 e. The van der Waals surface area contributed by atoms with Gasteiger partial charge in [0.05, 0.1) is 17.4 Å². The quantitative estimate of drug-likeness (QED) is 0.653. The maximum atomic E-state index is 11.3. The van der Waals surface area contributed by atoms with E-state index >= 15 is 0 Å². The van der Waals surface area contributed by atoms with Crippen LogP contribution in [0.3, 0.4) is 0 Å². The van der Waals surface area contributed by atoms with E-state index in [1.807, 2.05) is 0 Å². The number of sulfone groups is 1. The summed E-state index contributed by atoms with van der Waals surface area (Å²) in [5, 5.41) is 2.08. The Balaban J connectivity index is 2.61. The molecule has 1 N–H and O–H groups in total. The van der Waals surface area contributed by atoms with Crippen LogP contribution in [0.1, 0.15) is 19.8 Å². The Labute approximate surface area is 82.8 Å². The van der Waals surface area contributed by atoms with Crippen molar-refractivity contribution in [3.8, 4) is 0 Å². The van der Waals surface area contributed by atoms with Gasteiger partial charge in [0, 0.05) is 6.42 Å². The monoisotopic (exact) mass is 218 g/mol. The molecule has 0 saturated carbocycles. The van der Waals surface area contributed by atoms with Crippen LogP contribution in [0.25, 0.3) is 0 Å². The first kappa shape index (κ1) is 11.2. The number of carbonyl (C=O) groups is 2. The molecule has 0 aromatic heterocycles. The first-order valence-corrected chi connectivity index (χ1v) is 6.06.